The molecular formula is C20H25N9O7. The van der Waals surface area contributed by atoms with E-state index in [1.54, 1.807) is 19.1 Å². The Morgan fingerprint density at radius 2 is 1.50 bits per heavy atom. The summed E-state index contributed by atoms with van der Waals surface area (Å²) in [5, 5.41) is 42.9. The number of rotatable bonds is 6. The number of aliphatic hydroxyl groups is 3. The molecule has 2 aliphatic heterocycles. The molecule has 1 saturated carbocycles. The molecule has 36 heavy (non-hydrogen) atoms. The van der Waals surface area contributed by atoms with E-state index in [0.29, 0.717) is 0 Å². The Morgan fingerprint density at radius 1 is 0.833 bits per heavy atom. The Hall–Kier alpha value is -3.13. The highest BCUT2D eigenvalue weighted by Crippen LogP contribution is 2.39. The Balaban J connectivity index is 1.58. The summed E-state index contributed by atoms with van der Waals surface area (Å²) in [6.07, 6.45) is -10.6. The molecule has 0 spiro atoms. The van der Waals surface area contributed by atoms with E-state index in [9.17, 15) is 15.3 Å². The van der Waals surface area contributed by atoms with E-state index in [0.717, 1.165) is 5.56 Å². The van der Waals surface area contributed by atoms with Crippen LogP contribution in [-0.2, 0) is 18.9 Å². The third-order valence-electron chi connectivity index (χ3n) is 6.55. The monoisotopic (exact) mass is 503 g/mol. The van der Waals surface area contributed by atoms with Crippen molar-refractivity contribution >= 4 is 0 Å². The molecule has 12 atom stereocenters. The van der Waals surface area contributed by atoms with Crippen LogP contribution in [0.25, 0.3) is 31.3 Å². The van der Waals surface area contributed by atoms with Gasteiger partial charge in [-0.25, -0.2) is 0 Å². The Morgan fingerprint density at radius 3 is 2.17 bits per heavy atom. The lowest BCUT2D eigenvalue weighted by Gasteiger charge is -2.50. The minimum atomic E-state index is -1.64. The van der Waals surface area contributed by atoms with Crippen LogP contribution in [0.1, 0.15) is 25.2 Å². The number of aliphatic hydroxyl groups excluding tert-OH is 3. The van der Waals surface area contributed by atoms with Gasteiger partial charge in [0.25, 0.3) is 0 Å². The molecule has 3 aliphatic rings. The second-order valence-corrected chi connectivity index (χ2v) is 8.70. The highest BCUT2D eigenvalue weighted by atomic mass is 16.8. The fraction of sp³-hybridized carbons (Fsp3) is 0.700. The molecule has 16 heteroatoms. The lowest BCUT2D eigenvalue weighted by atomic mass is 9.84. The SMILES string of the molecule is CC1OC(c2ccccc2)O[C@@H]2C1O[C@H](O[C@@H]1C(N=[N+]=[N-])C[C@@H](N=[N+]=[N-])C(O)C1O)C(N=[N+]=[N-])[C@H]2O. The van der Waals surface area contributed by atoms with Gasteiger partial charge in [-0.3, -0.25) is 0 Å². The first-order valence-electron chi connectivity index (χ1n) is 11.2. The van der Waals surface area contributed by atoms with Gasteiger partial charge in [0, 0.05) is 20.3 Å². The highest BCUT2D eigenvalue weighted by Gasteiger charge is 2.54. The first-order chi connectivity index (χ1) is 17.4. The standard InChI is InChI=1S/C20H25N9O7/c1-8-16-18(36-19(33-8)9-5-3-2-4-6-9)14(31)12(26-29-23)20(34-16)35-17-11(25-28-22)7-10(24-27-21)13(30)15(17)32/h2-6,8,10-20,30-32H,7H2,1H3/t8?,10-,11?,12?,13?,14-,15?,16?,17-,18+,19?,20-/m1/s1. The molecule has 1 aliphatic carbocycles. The van der Waals surface area contributed by atoms with E-state index in [2.05, 4.69) is 30.1 Å². The van der Waals surface area contributed by atoms with E-state index < -0.39 is 73.4 Å². The van der Waals surface area contributed by atoms with Crippen LogP contribution in [0.2, 0.25) is 0 Å². The Labute approximate surface area is 204 Å². The molecular weight excluding hydrogens is 478 g/mol. The number of benzene rings is 1. The van der Waals surface area contributed by atoms with Crippen LogP contribution in [0.15, 0.2) is 45.7 Å². The van der Waals surface area contributed by atoms with Crippen molar-refractivity contribution in [2.45, 2.75) is 86.8 Å². The van der Waals surface area contributed by atoms with Crippen molar-refractivity contribution in [3.8, 4) is 0 Å². The molecule has 2 saturated heterocycles. The smallest absolute Gasteiger partial charge is 0.184 e. The van der Waals surface area contributed by atoms with Gasteiger partial charge in [0.15, 0.2) is 12.6 Å². The molecule has 7 unspecified atom stereocenters. The average Bonchev–Trinajstić information content (AvgIpc) is 2.88. The second kappa shape index (κ2) is 11.3. The first kappa shape index (κ1) is 25.9. The summed E-state index contributed by atoms with van der Waals surface area (Å²) in [5.74, 6) is 0. The van der Waals surface area contributed by atoms with Crippen molar-refractivity contribution in [3.63, 3.8) is 0 Å². The minimum absolute atomic E-state index is 0.119. The fourth-order valence-corrected chi connectivity index (χ4v) is 4.77. The number of fused-ring (bicyclic) bond motifs is 1. The van der Waals surface area contributed by atoms with Gasteiger partial charge in [-0.1, -0.05) is 45.7 Å². The van der Waals surface area contributed by atoms with Crippen molar-refractivity contribution in [2.75, 3.05) is 0 Å². The normalized spacial score (nSPS) is 42.1. The van der Waals surface area contributed by atoms with Gasteiger partial charge in [0.2, 0.25) is 0 Å². The van der Waals surface area contributed by atoms with Crippen molar-refractivity contribution in [1.29, 1.82) is 0 Å². The van der Waals surface area contributed by atoms with E-state index in [1.165, 1.54) is 0 Å². The number of hydrogen-bond donors (Lipinski definition) is 3. The zero-order chi connectivity index (χ0) is 25.8. The quantitative estimate of drug-likeness (QED) is 0.296. The Bertz CT molecular complexity index is 1060. The van der Waals surface area contributed by atoms with E-state index >= 15 is 0 Å². The molecule has 1 aromatic rings. The number of ether oxygens (including phenoxy) is 4. The summed E-state index contributed by atoms with van der Waals surface area (Å²) in [5.41, 5.74) is 27.6. The van der Waals surface area contributed by atoms with Gasteiger partial charge < -0.3 is 34.3 Å². The molecule has 3 fully saturated rings. The van der Waals surface area contributed by atoms with Crippen LogP contribution in [-0.4, -0.2) is 82.5 Å². The molecule has 2 heterocycles. The van der Waals surface area contributed by atoms with Crippen LogP contribution < -0.4 is 0 Å². The van der Waals surface area contributed by atoms with E-state index in [1.807, 2.05) is 18.2 Å². The third kappa shape index (κ3) is 5.05. The summed E-state index contributed by atoms with van der Waals surface area (Å²) in [6.45, 7) is 1.72. The van der Waals surface area contributed by atoms with Crippen LogP contribution in [0.4, 0.5) is 0 Å². The van der Waals surface area contributed by atoms with Crippen LogP contribution in [0.3, 0.4) is 0 Å². The van der Waals surface area contributed by atoms with Crippen LogP contribution >= 0.6 is 0 Å². The van der Waals surface area contributed by atoms with Gasteiger partial charge in [-0.05, 0) is 29.9 Å². The maximum Gasteiger partial charge on any atom is 0.184 e. The van der Waals surface area contributed by atoms with Crippen LogP contribution in [0.5, 0.6) is 0 Å². The molecule has 0 amide bonds. The second-order valence-electron chi connectivity index (χ2n) is 8.70. The topological polar surface area (TPSA) is 244 Å². The summed E-state index contributed by atoms with van der Waals surface area (Å²) < 4.78 is 23.8. The maximum absolute atomic E-state index is 11.1. The van der Waals surface area contributed by atoms with E-state index in [-0.39, 0.29) is 6.42 Å². The van der Waals surface area contributed by atoms with Crippen molar-refractivity contribution in [2.24, 2.45) is 15.3 Å². The zero-order valence-corrected chi connectivity index (χ0v) is 19.0. The molecule has 16 nitrogen and oxygen atoms in total. The lowest BCUT2D eigenvalue weighted by molar-refractivity contribution is -0.368. The van der Waals surface area contributed by atoms with Crippen LogP contribution in [0, 0.1) is 0 Å². The summed E-state index contributed by atoms with van der Waals surface area (Å²) in [6, 6.07) is 5.64. The number of nitrogens with zero attached hydrogens (tertiary/aromatic N) is 9. The Kier molecular flexibility index (Phi) is 8.14. The van der Waals surface area contributed by atoms with Crippen molar-refractivity contribution < 1.29 is 34.3 Å². The summed E-state index contributed by atoms with van der Waals surface area (Å²) in [4.78, 5) is 8.17. The average molecular weight is 503 g/mol. The van der Waals surface area contributed by atoms with E-state index in [4.69, 9.17) is 35.5 Å². The number of hydrogen-bond acceptors (Lipinski definition) is 10. The van der Waals surface area contributed by atoms with Gasteiger partial charge >= 0.3 is 0 Å². The van der Waals surface area contributed by atoms with Gasteiger partial charge in [0.1, 0.15) is 24.4 Å². The molecule has 192 valence electrons. The maximum atomic E-state index is 11.1. The minimum Gasteiger partial charge on any atom is -0.390 e. The van der Waals surface area contributed by atoms with Gasteiger partial charge in [-0.15, -0.1) is 0 Å². The molecule has 4 rings (SSSR count). The molecule has 1 aromatic carbocycles. The summed E-state index contributed by atoms with van der Waals surface area (Å²) in [7, 11) is 0. The molecule has 0 radical (unpaired) electrons. The predicted octanol–water partition coefficient (Wildman–Crippen LogP) is 2.12. The van der Waals surface area contributed by atoms with Gasteiger partial charge in [-0.2, -0.15) is 0 Å². The fourth-order valence-electron chi connectivity index (χ4n) is 4.77. The van der Waals surface area contributed by atoms with Gasteiger partial charge in [0.05, 0.1) is 36.5 Å². The summed E-state index contributed by atoms with van der Waals surface area (Å²) >= 11 is 0. The zero-order valence-electron chi connectivity index (χ0n) is 19.0. The largest absolute Gasteiger partial charge is 0.390 e. The molecule has 0 bridgehead atoms. The highest BCUT2D eigenvalue weighted by molar-refractivity contribution is 5.17. The first-order valence-corrected chi connectivity index (χ1v) is 11.2. The predicted molar refractivity (Wildman–Crippen MR) is 120 cm³/mol. The third-order valence-corrected chi connectivity index (χ3v) is 6.55. The number of azide groups is 3. The molecule has 3 N–H and O–H groups in total. The van der Waals surface area contributed by atoms with Crippen molar-refractivity contribution in [3.05, 3.63) is 67.2 Å². The van der Waals surface area contributed by atoms with Crippen molar-refractivity contribution in [1.82, 2.24) is 0 Å². The molecule has 0 aromatic heterocycles. The lowest BCUT2D eigenvalue weighted by Crippen LogP contribution is -2.65.